The van der Waals surface area contributed by atoms with E-state index in [1.165, 1.54) is 23.5 Å². The zero-order valence-corrected chi connectivity index (χ0v) is 29.2. The van der Waals surface area contributed by atoms with Crippen LogP contribution in [0.4, 0.5) is 0 Å². The van der Waals surface area contributed by atoms with Gasteiger partial charge in [0.05, 0.1) is 12.1 Å². The van der Waals surface area contributed by atoms with Crippen LogP contribution in [0.1, 0.15) is 41.2 Å². The minimum absolute atomic E-state index is 0.0981. The maximum Gasteiger partial charge on any atom is 0.328 e. The molecule has 13 nitrogen and oxygen atoms in total. The minimum atomic E-state index is -1.55. The van der Waals surface area contributed by atoms with Gasteiger partial charge in [-0.25, -0.2) is 4.79 Å². The fourth-order valence-corrected chi connectivity index (χ4v) is 9.49. The Morgan fingerprint density at radius 3 is 2.29 bits per heavy atom. The number of aliphatic hydroxyl groups is 1. The van der Waals surface area contributed by atoms with Crippen LogP contribution >= 0.6 is 23.5 Å². The number of phenolic OH excluding ortho intramolecular Hbond substituents is 1. The molecule has 2 saturated heterocycles. The molecule has 0 bridgehead atoms. The molecule has 5 rings (SSSR count). The van der Waals surface area contributed by atoms with Crippen molar-refractivity contribution in [3.05, 3.63) is 64.2 Å². The smallest absolute Gasteiger partial charge is 0.328 e. The maximum absolute atomic E-state index is 14.4. The Balaban J connectivity index is 1.44. The van der Waals surface area contributed by atoms with Crippen LogP contribution < -0.4 is 27.0 Å². The van der Waals surface area contributed by atoms with Gasteiger partial charge in [-0.2, -0.15) is 23.5 Å². The highest BCUT2D eigenvalue weighted by Gasteiger charge is 2.52. The highest BCUT2D eigenvalue weighted by molar-refractivity contribution is 8.03. The number of aryl methyl sites for hydroxylation is 2. The van der Waals surface area contributed by atoms with E-state index in [1.54, 1.807) is 19.1 Å². The van der Waals surface area contributed by atoms with Crippen molar-refractivity contribution in [3.8, 4) is 5.75 Å². The monoisotopic (exact) mass is 713 g/mol. The first-order chi connectivity index (χ1) is 23.1. The van der Waals surface area contributed by atoms with E-state index in [0.717, 1.165) is 27.8 Å². The summed E-state index contributed by atoms with van der Waals surface area (Å²) in [4.78, 5) is 67.4. The van der Waals surface area contributed by atoms with Gasteiger partial charge < -0.3 is 42.3 Å². The molecule has 0 aromatic heterocycles. The third kappa shape index (κ3) is 7.84. The number of hydrogen-bond donors (Lipinski definition) is 8. The summed E-state index contributed by atoms with van der Waals surface area (Å²) in [6.07, 6.45) is -1.09. The van der Waals surface area contributed by atoms with Crippen molar-refractivity contribution in [2.45, 2.75) is 87.0 Å². The van der Waals surface area contributed by atoms with Crippen LogP contribution in [0.15, 0.2) is 36.4 Å². The van der Waals surface area contributed by atoms with E-state index in [2.05, 4.69) is 21.3 Å². The molecule has 2 heterocycles. The molecule has 1 spiro atoms. The molecule has 2 aliphatic heterocycles. The number of amides is 4. The van der Waals surface area contributed by atoms with E-state index in [4.69, 9.17) is 5.73 Å². The van der Waals surface area contributed by atoms with Crippen LogP contribution in [0.5, 0.6) is 5.75 Å². The van der Waals surface area contributed by atoms with Gasteiger partial charge >= 0.3 is 5.97 Å². The first-order valence-corrected chi connectivity index (χ1v) is 18.2. The molecular formula is C34H43N5O8S2. The number of phenols is 1. The van der Waals surface area contributed by atoms with Gasteiger partial charge in [-0.1, -0.05) is 24.3 Å². The fraction of sp³-hybridized carbons (Fsp3) is 0.500. The lowest BCUT2D eigenvalue weighted by molar-refractivity contribution is -0.144. The average molecular weight is 714 g/mol. The molecule has 2 aromatic rings. The molecule has 4 amide bonds. The third-order valence-electron chi connectivity index (χ3n) is 9.63. The summed E-state index contributed by atoms with van der Waals surface area (Å²) in [5.74, 6) is -2.72. The second kappa shape index (κ2) is 14.6. The number of carboxylic acid groups (broad SMARTS) is 1. The Hall–Kier alpha value is -3.79. The number of hydrogen-bond acceptors (Lipinski definition) is 10. The lowest BCUT2D eigenvalue weighted by Gasteiger charge is -2.38. The standard InChI is InChI=1S/C34H43N5O8S2/c1-17-10-21(40)11-18(2)22(17)12-23(35)28(42)36-24-16-48-8-9-49-33(3)15-25(41)26(31(45)46)37-30(44)27(33)38-32(47)34(39-29(24)43)13-19-6-4-5-7-20(19)14-34/h4-7,10-11,23-27,40-41H,8-9,12-16,35H2,1-3H3,(H,36,42)(H,37,44)(H,38,47)(H,39,43)(H,45,46)/t23-,24+,25?,26-,27-,33?/m0/s1. The zero-order chi connectivity index (χ0) is 35.7. The molecule has 2 unspecified atom stereocenters. The van der Waals surface area contributed by atoms with Crippen LogP contribution in [0.2, 0.25) is 0 Å². The Morgan fingerprint density at radius 2 is 1.67 bits per heavy atom. The number of aromatic hydroxyl groups is 1. The van der Waals surface area contributed by atoms with E-state index in [9.17, 15) is 39.3 Å². The Bertz CT molecular complexity index is 1610. The topological polar surface area (TPSA) is 220 Å². The van der Waals surface area contributed by atoms with E-state index in [0.29, 0.717) is 11.5 Å². The second-order valence-corrected chi connectivity index (χ2v) is 16.1. The van der Waals surface area contributed by atoms with Gasteiger partial charge in [-0.3, -0.25) is 19.2 Å². The SMILES string of the molecule is Cc1cc(O)cc(C)c1C[C@H](N)C(=O)N[C@@H]1CSCCSC2(C)CC(O)[C@@H](C(=O)O)NC(=O)[C@@H]2NC(=O)C2(Cc3ccccc3C2)NC1=O. The number of nitrogens with two attached hydrogens (primary N) is 1. The summed E-state index contributed by atoms with van der Waals surface area (Å²) in [7, 11) is 0. The van der Waals surface area contributed by atoms with Crippen LogP contribution in [0.25, 0.3) is 0 Å². The lowest BCUT2D eigenvalue weighted by Crippen LogP contribution is -2.67. The third-order valence-corrected chi connectivity index (χ3v) is 12.4. The number of fused-ring (bicyclic) bond motifs is 2. The quantitative estimate of drug-likeness (QED) is 0.207. The molecule has 49 heavy (non-hydrogen) atoms. The number of thioether (sulfide) groups is 2. The van der Waals surface area contributed by atoms with Crippen molar-refractivity contribution in [1.29, 1.82) is 0 Å². The molecule has 1 aliphatic carbocycles. The van der Waals surface area contributed by atoms with Crippen LogP contribution in [-0.2, 0) is 43.2 Å². The number of carbonyl (C=O) groups excluding carboxylic acids is 4. The summed E-state index contributed by atoms with van der Waals surface area (Å²) in [5, 5.41) is 41.4. The van der Waals surface area contributed by atoms with Crippen LogP contribution in [0, 0.1) is 13.8 Å². The molecule has 2 aromatic carbocycles. The Kier molecular flexibility index (Phi) is 10.9. The van der Waals surface area contributed by atoms with Crippen LogP contribution in [0.3, 0.4) is 0 Å². The van der Waals surface area contributed by atoms with E-state index < -0.39 is 70.2 Å². The first-order valence-electron chi connectivity index (χ1n) is 16.1. The van der Waals surface area contributed by atoms with Gasteiger partial charge in [-0.05, 0) is 73.6 Å². The van der Waals surface area contributed by atoms with E-state index in [1.807, 2.05) is 38.1 Å². The zero-order valence-electron chi connectivity index (χ0n) is 27.6. The molecule has 6 atom stereocenters. The van der Waals surface area contributed by atoms with Crippen molar-refractivity contribution >= 4 is 53.1 Å². The largest absolute Gasteiger partial charge is 0.508 e. The van der Waals surface area contributed by atoms with Crippen molar-refractivity contribution in [3.63, 3.8) is 0 Å². The van der Waals surface area contributed by atoms with Crippen molar-refractivity contribution < 1.29 is 39.3 Å². The maximum atomic E-state index is 14.4. The predicted molar refractivity (Wildman–Crippen MR) is 186 cm³/mol. The second-order valence-electron chi connectivity index (χ2n) is 13.4. The van der Waals surface area contributed by atoms with Gasteiger partial charge in [0.15, 0.2) is 6.04 Å². The molecule has 264 valence electrons. The van der Waals surface area contributed by atoms with Crippen LogP contribution in [-0.4, -0.2) is 103 Å². The molecule has 0 radical (unpaired) electrons. The summed E-state index contributed by atoms with van der Waals surface area (Å²) >= 11 is 2.72. The number of aliphatic carboxylic acids is 1. The molecule has 9 N–H and O–H groups in total. The van der Waals surface area contributed by atoms with E-state index in [-0.39, 0.29) is 37.2 Å². The summed E-state index contributed by atoms with van der Waals surface area (Å²) in [6.45, 7) is 5.36. The van der Waals surface area contributed by atoms with E-state index >= 15 is 0 Å². The number of aliphatic hydroxyl groups excluding tert-OH is 1. The highest BCUT2D eigenvalue weighted by atomic mass is 32.2. The molecule has 15 heteroatoms. The van der Waals surface area contributed by atoms with Gasteiger partial charge in [0.1, 0.15) is 23.4 Å². The van der Waals surface area contributed by atoms with Gasteiger partial charge in [0.2, 0.25) is 23.6 Å². The van der Waals surface area contributed by atoms with Gasteiger partial charge in [-0.15, -0.1) is 0 Å². The number of carbonyl (C=O) groups is 5. The Morgan fingerprint density at radius 1 is 1.04 bits per heavy atom. The number of benzene rings is 2. The molecule has 2 fully saturated rings. The van der Waals surface area contributed by atoms with Crippen molar-refractivity contribution in [1.82, 2.24) is 21.3 Å². The average Bonchev–Trinajstić information content (AvgIpc) is 3.37. The normalized spacial score (nSPS) is 27.8. The van der Waals surface area contributed by atoms with Gasteiger partial charge in [0, 0.05) is 34.8 Å². The highest BCUT2D eigenvalue weighted by Crippen LogP contribution is 2.38. The molecule has 3 aliphatic rings. The minimum Gasteiger partial charge on any atom is -0.508 e. The molecule has 0 saturated carbocycles. The molecular weight excluding hydrogens is 671 g/mol. The van der Waals surface area contributed by atoms with Crippen molar-refractivity contribution in [2.24, 2.45) is 5.73 Å². The first kappa shape index (κ1) is 36.5. The lowest BCUT2D eigenvalue weighted by atomic mass is 9.90. The summed E-state index contributed by atoms with van der Waals surface area (Å²) in [5.41, 5.74) is 8.87. The number of nitrogens with one attached hydrogen (secondary N) is 4. The predicted octanol–water partition coefficient (Wildman–Crippen LogP) is 0.0749. The Labute approximate surface area is 292 Å². The van der Waals surface area contributed by atoms with Gasteiger partial charge in [0.25, 0.3) is 0 Å². The van der Waals surface area contributed by atoms with Crippen molar-refractivity contribution in [2.75, 3.05) is 17.3 Å². The summed E-state index contributed by atoms with van der Waals surface area (Å²) < 4.78 is -1.10. The number of carboxylic acids is 1. The summed E-state index contributed by atoms with van der Waals surface area (Å²) in [6, 6.07) is 5.74. The number of rotatable bonds is 5. The fourth-order valence-electron chi connectivity index (χ4n) is 6.96.